The molecule has 0 saturated carbocycles. The zero-order valence-corrected chi connectivity index (χ0v) is 14.1. The Balaban J connectivity index is 1.42. The van der Waals surface area contributed by atoms with Gasteiger partial charge in [-0.25, -0.2) is 10.0 Å². The van der Waals surface area contributed by atoms with E-state index in [0.717, 1.165) is 43.5 Å². The molecule has 0 saturated heterocycles. The van der Waals surface area contributed by atoms with Crippen molar-refractivity contribution in [3.05, 3.63) is 11.3 Å². The molecule has 1 aliphatic carbocycles. The molecule has 22 heavy (non-hydrogen) atoms. The number of guanidine groups is 2. The molecule has 1 atom stereocenters. The first kappa shape index (κ1) is 15.7. The Morgan fingerprint density at radius 2 is 2.05 bits per heavy atom. The number of nitrogens with zero attached hydrogens (tertiary/aromatic N) is 3. The number of fused-ring (bicyclic) bond motifs is 1. The number of alkyl halides is 1. The van der Waals surface area contributed by atoms with Gasteiger partial charge in [-0.2, -0.15) is 4.99 Å². The SMILES string of the molecule is CCCCCCCCNC1=NC2=NC3=C(CCC3Cl)CN2N1. The number of unbranched alkanes of at least 4 members (excludes halogenated alkanes) is 5. The van der Waals surface area contributed by atoms with Gasteiger partial charge in [0, 0.05) is 6.54 Å². The molecule has 0 bridgehead atoms. The van der Waals surface area contributed by atoms with E-state index in [1.165, 1.54) is 44.1 Å². The van der Waals surface area contributed by atoms with Crippen LogP contribution in [0.5, 0.6) is 0 Å². The van der Waals surface area contributed by atoms with Crippen molar-refractivity contribution in [1.82, 2.24) is 15.8 Å². The molecule has 1 unspecified atom stereocenters. The lowest BCUT2D eigenvalue weighted by molar-refractivity contribution is 0.403. The van der Waals surface area contributed by atoms with E-state index in [-0.39, 0.29) is 5.38 Å². The van der Waals surface area contributed by atoms with Crippen LogP contribution in [0.4, 0.5) is 0 Å². The molecule has 122 valence electrons. The Kier molecular flexibility index (Phi) is 5.24. The smallest absolute Gasteiger partial charge is 0.248 e. The fourth-order valence-corrected chi connectivity index (χ4v) is 3.46. The zero-order valence-electron chi connectivity index (χ0n) is 13.4. The Morgan fingerprint density at radius 1 is 1.23 bits per heavy atom. The third-order valence-electron chi connectivity index (χ3n) is 4.44. The standard InChI is InChI=1S/C16H26ClN5/c1-2-3-4-5-6-7-10-18-15-20-16-19-14-12(8-9-13(14)17)11-22(16)21-15/h13H,2-11H2,1H3,(H2,18,19,20,21). The lowest BCUT2D eigenvalue weighted by Crippen LogP contribution is -2.45. The third-order valence-corrected chi connectivity index (χ3v) is 4.87. The van der Waals surface area contributed by atoms with Crippen LogP contribution in [0.3, 0.4) is 0 Å². The monoisotopic (exact) mass is 323 g/mol. The molecule has 0 aromatic heterocycles. The van der Waals surface area contributed by atoms with Gasteiger partial charge in [-0.05, 0) is 24.8 Å². The van der Waals surface area contributed by atoms with Crippen molar-refractivity contribution in [2.24, 2.45) is 9.98 Å². The molecule has 3 rings (SSSR count). The van der Waals surface area contributed by atoms with Crippen LogP contribution < -0.4 is 10.7 Å². The minimum absolute atomic E-state index is 0.0694. The van der Waals surface area contributed by atoms with Crippen molar-refractivity contribution < 1.29 is 0 Å². The fraction of sp³-hybridized carbons (Fsp3) is 0.750. The van der Waals surface area contributed by atoms with E-state index in [9.17, 15) is 0 Å². The number of allylic oxidation sites excluding steroid dienone is 1. The summed E-state index contributed by atoms with van der Waals surface area (Å²) in [7, 11) is 0. The normalized spacial score (nSPS) is 23.0. The zero-order chi connectivity index (χ0) is 15.4. The van der Waals surface area contributed by atoms with E-state index < -0.39 is 0 Å². The molecule has 0 amide bonds. The number of rotatable bonds is 7. The summed E-state index contributed by atoms with van der Waals surface area (Å²) in [5.41, 5.74) is 5.70. The number of nitrogens with one attached hydrogen (secondary N) is 2. The second-order valence-corrected chi connectivity index (χ2v) is 6.79. The molecule has 0 aromatic rings. The highest BCUT2D eigenvalue weighted by Crippen LogP contribution is 2.34. The van der Waals surface area contributed by atoms with Gasteiger partial charge in [-0.3, -0.25) is 5.43 Å². The van der Waals surface area contributed by atoms with Crippen molar-refractivity contribution >= 4 is 23.5 Å². The highest BCUT2D eigenvalue weighted by atomic mass is 35.5. The molecule has 0 aromatic carbocycles. The van der Waals surface area contributed by atoms with Crippen LogP contribution in [0, 0.1) is 0 Å². The second-order valence-electron chi connectivity index (χ2n) is 6.26. The summed E-state index contributed by atoms with van der Waals surface area (Å²) >= 11 is 6.30. The van der Waals surface area contributed by atoms with Crippen molar-refractivity contribution in [2.75, 3.05) is 13.1 Å². The highest BCUT2D eigenvalue weighted by Gasteiger charge is 2.33. The molecule has 5 nitrogen and oxygen atoms in total. The average molecular weight is 324 g/mol. The van der Waals surface area contributed by atoms with Crippen LogP contribution in [0.2, 0.25) is 0 Å². The van der Waals surface area contributed by atoms with Crippen LogP contribution in [-0.4, -0.2) is 35.4 Å². The molecule has 0 radical (unpaired) electrons. The minimum atomic E-state index is 0.0694. The summed E-state index contributed by atoms with van der Waals surface area (Å²) in [6.07, 6.45) is 9.89. The van der Waals surface area contributed by atoms with Crippen LogP contribution in [0.25, 0.3) is 0 Å². The summed E-state index contributed by atoms with van der Waals surface area (Å²) in [5, 5.41) is 5.45. The van der Waals surface area contributed by atoms with Crippen molar-refractivity contribution in [3.8, 4) is 0 Å². The highest BCUT2D eigenvalue weighted by molar-refractivity contribution is 6.23. The van der Waals surface area contributed by atoms with Crippen LogP contribution in [0.1, 0.15) is 58.3 Å². The van der Waals surface area contributed by atoms with Gasteiger partial charge in [-0.1, -0.05) is 39.0 Å². The molecule has 0 fully saturated rings. The molecule has 2 heterocycles. The summed E-state index contributed by atoms with van der Waals surface area (Å²) in [4.78, 5) is 9.15. The minimum Gasteiger partial charge on any atom is -0.355 e. The van der Waals surface area contributed by atoms with Crippen LogP contribution in [0.15, 0.2) is 21.3 Å². The van der Waals surface area contributed by atoms with Gasteiger partial charge in [-0.15, -0.1) is 11.6 Å². The predicted molar refractivity (Wildman–Crippen MR) is 92.0 cm³/mol. The molecule has 3 aliphatic rings. The maximum absolute atomic E-state index is 6.30. The number of halogens is 1. The van der Waals surface area contributed by atoms with Gasteiger partial charge in [0.2, 0.25) is 11.9 Å². The van der Waals surface area contributed by atoms with Crippen molar-refractivity contribution in [1.29, 1.82) is 0 Å². The van der Waals surface area contributed by atoms with Crippen molar-refractivity contribution in [2.45, 2.75) is 63.7 Å². The second kappa shape index (κ2) is 7.36. The van der Waals surface area contributed by atoms with Gasteiger partial charge < -0.3 is 5.32 Å². The molecule has 2 N–H and O–H groups in total. The van der Waals surface area contributed by atoms with Crippen molar-refractivity contribution in [3.63, 3.8) is 0 Å². The van der Waals surface area contributed by atoms with Crippen LogP contribution >= 0.6 is 11.6 Å². The lowest BCUT2D eigenvalue weighted by atomic mass is 10.1. The van der Waals surface area contributed by atoms with E-state index in [4.69, 9.17) is 11.6 Å². The number of aliphatic imine (C=N–C) groups is 2. The Hall–Kier alpha value is -1.23. The summed E-state index contributed by atoms with van der Waals surface area (Å²) < 4.78 is 0. The molecule has 0 spiro atoms. The maximum atomic E-state index is 6.30. The van der Waals surface area contributed by atoms with Gasteiger partial charge in [0.1, 0.15) is 0 Å². The summed E-state index contributed by atoms with van der Waals surface area (Å²) in [6, 6.07) is 0. The van der Waals surface area contributed by atoms with Gasteiger partial charge in [0.25, 0.3) is 0 Å². The van der Waals surface area contributed by atoms with E-state index in [1.807, 2.05) is 5.01 Å². The predicted octanol–water partition coefficient (Wildman–Crippen LogP) is 3.14. The topological polar surface area (TPSA) is 52.0 Å². The lowest BCUT2D eigenvalue weighted by Gasteiger charge is -2.23. The van der Waals surface area contributed by atoms with Gasteiger partial charge in [0.15, 0.2) is 0 Å². The molecule has 6 heteroatoms. The quantitative estimate of drug-likeness (QED) is 0.559. The number of hydrogen-bond donors (Lipinski definition) is 2. The van der Waals surface area contributed by atoms with E-state index in [2.05, 4.69) is 27.7 Å². The largest absolute Gasteiger partial charge is 0.355 e. The first-order valence-electron chi connectivity index (χ1n) is 8.59. The van der Waals surface area contributed by atoms with Gasteiger partial charge in [0.05, 0.1) is 17.6 Å². The Morgan fingerprint density at radius 3 is 2.91 bits per heavy atom. The first-order chi connectivity index (χ1) is 10.8. The number of hydrogen-bond acceptors (Lipinski definition) is 5. The number of hydrazine groups is 1. The summed E-state index contributed by atoms with van der Waals surface area (Å²) in [5.74, 6) is 1.57. The van der Waals surface area contributed by atoms with Crippen LogP contribution in [-0.2, 0) is 0 Å². The fourth-order valence-electron chi connectivity index (χ4n) is 3.14. The van der Waals surface area contributed by atoms with E-state index >= 15 is 0 Å². The molecular weight excluding hydrogens is 298 g/mol. The molecular formula is C16H26ClN5. The first-order valence-corrected chi connectivity index (χ1v) is 9.03. The van der Waals surface area contributed by atoms with Gasteiger partial charge >= 0.3 is 0 Å². The average Bonchev–Trinajstić information content (AvgIpc) is 3.07. The molecule has 2 aliphatic heterocycles. The Bertz CT molecular complexity index is 497. The summed E-state index contributed by atoms with van der Waals surface area (Å²) in [6.45, 7) is 4.06. The van der Waals surface area contributed by atoms with E-state index in [1.54, 1.807) is 0 Å². The Labute approximate surface area is 137 Å². The maximum Gasteiger partial charge on any atom is 0.248 e. The third kappa shape index (κ3) is 3.57. The van der Waals surface area contributed by atoms with E-state index in [0.29, 0.717) is 0 Å².